The van der Waals surface area contributed by atoms with E-state index in [1.165, 1.54) is 31.5 Å². The van der Waals surface area contributed by atoms with Gasteiger partial charge in [0, 0.05) is 24.2 Å². The number of hydrogen-bond donors (Lipinski definition) is 1. The fourth-order valence-corrected chi connectivity index (χ4v) is 2.79. The van der Waals surface area contributed by atoms with E-state index in [-0.39, 0.29) is 0 Å². The number of rotatable bonds is 6. The van der Waals surface area contributed by atoms with E-state index in [2.05, 4.69) is 49.1 Å². The van der Waals surface area contributed by atoms with Crippen LogP contribution in [0.4, 0.5) is 0 Å². The lowest BCUT2D eigenvalue weighted by atomic mass is 10.0. The third-order valence-corrected chi connectivity index (χ3v) is 4.19. The molecule has 20 heavy (non-hydrogen) atoms. The first-order valence-corrected chi connectivity index (χ1v) is 7.73. The van der Waals surface area contributed by atoms with Crippen LogP contribution < -0.4 is 5.32 Å². The Bertz CT molecular complexity index is 392. The Labute approximate surface area is 123 Å². The van der Waals surface area contributed by atoms with Crippen LogP contribution in [0.1, 0.15) is 38.0 Å². The molecule has 0 spiro atoms. The van der Waals surface area contributed by atoms with Crippen molar-refractivity contribution in [1.29, 1.82) is 0 Å². The van der Waals surface area contributed by atoms with Crippen LogP contribution in [0.2, 0.25) is 0 Å². The molecule has 2 heterocycles. The van der Waals surface area contributed by atoms with Crippen molar-refractivity contribution in [2.75, 3.05) is 27.2 Å². The Morgan fingerprint density at radius 1 is 1.35 bits per heavy atom. The molecule has 0 radical (unpaired) electrons. The summed E-state index contributed by atoms with van der Waals surface area (Å²) in [4.78, 5) is 4.90. The largest absolute Gasteiger partial charge is 0.468 e. The second kappa shape index (κ2) is 7.25. The Morgan fingerprint density at radius 2 is 2.05 bits per heavy atom. The Kier molecular flexibility index (Phi) is 5.64. The predicted octanol–water partition coefficient (Wildman–Crippen LogP) is 2.30. The molecule has 0 unspecified atom stereocenters. The van der Waals surface area contributed by atoms with Crippen LogP contribution in [0.15, 0.2) is 16.7 Å². The molecule has 4 heteroatoms. The van der Waals surface area contributed by atoms with Gasteiger partial charge in [-0.15, -0.1) is 0 Å². The summed E-state index contributed by atoms with van der Waals surface area (Å²) in [6.07, 6.45) is 4.36. The van der Waals surface area contributed by atoms with E-state index >= 15 is 0 Å². The minimum atomic E-state index is 0.490. The average Bonchev–Trinajstić information content (AvgIpc) is 2.84. The molecule has 1 aliphatic rings. The van der Waals surface area contributed by atoms with Crippen LogP contribution in [-0.4, -0.2) is 49.1 Å². The van der Waals surface area contributed by atoms with Crippen LogP contribution in [0.3, 0.4) is 0 Å². The molecule has 2 rings (SSSR count). The number of nitrogens with zero attached hydrogens (tertiary/aromatic N) is 2. The van der Waals surface area contributed by atoms with E-state index in [1.807, 2.05) is 6.26 Å². The van der Waals surface area contributed by atoms with Gasteiger partial charge in [0.25, 0.3) is 0 Å². The molecular weight excluding hydrogens is 250 g/mol. The third-order valence-electron chi connectivity index (χ3n) is 4.19. The average molecular weight is 279 g/mol. The highest BCUT2D eigenvalue weighted by Gasteiger charge is 2.21. The molecule has 0 aromatic carbocycles. The van der Waals surface area contributed by atoms with Crippen LogP contribution in [0.25, 0.3) is 0 Å². The molecule has 1 aliphatic heterocycles. The van der Waals surface area contributed by atoms with Gasteiger partial charge in [0.05, 0.1) is 12.8 Å². The molecule has 1 saturated heterocycles. The van der Waals surface area contributed by atoms with Crippen molar-refractivity contribution < 1.29 is 4.42 Å². The van der Waals surface area contributed by atoms with Gasteiger partial charge in [-0.2, -0.15) is 0 Å². The highest BCUT2D eigenvalue weighted by Crippen LogP contribution is 2.19. The molecular formula is C16H29N3O. The van der Waals surface area contributed by atoms with E-state index in [4.69, 9.17) is 4.42 Å². The van der Waals surface area contributed by atoms with Crippen molar-refractivity contribution in [2.45, 2.75) is 51.9 Å². The van der Waals surface area contributed by atoms with Crippen LogP contribution in [-0.2, 0) is 13.1 Å². The summed E-state index contributed by atoms with van der Waals surface area (Å²) < 4.78 is 5.62. The maximum absolute atomic E-state index is 5.62. The zero-order valence-electron chi connectivity index (χ0n) is 13.4. The number of piperidine rings is 1. The molecule has 1 fully saturated rings. The third kappa shape index (κ3) is 4.33. The SMILES string of the molecule is CC(C)NCc1occc1CN1CCC(N(C)C)CC1. The van der Waals surface area contributed by atoms with Gasteiger partial charge in [-0.3, -0.25) is 4.90 Å². The van der Waals surface area contributed by atoms with Crippen LogP contribution >= 0.6 is 0 Å². The van der Waals surface area contributed by atoms with E-state index in [1.54, 1.807) is 0 Å². The van der Waals surface area contributed by atoms with Gasteiger partial charge in [-0.1, -0.05) is 13.8 Å². The second-order valence-electron chi connectivity index (χ2n) is 6.38. The number of hydrogen-bond acceptors (Lipinski definition) is 4. The fourth-order valence-electron chi connectivity index (χ4n) is 2.79. The molecule has 0 amide bonds. The zero-order valence-corrected chi connectivity index (χ0v) is 13.4. The highest BCUT2D eigenvalue weighted by molar-refractivity contribution is 5.17. The summed E-state index contributed by atoms with van der Waals surface area (Å²) in [6.45, 7) is 8.54. The minimum Gasteiger partial charge on any atom is -0.468 e. The van der Waals surface area contributed by atoms with Gasteiger partial charge < -0.3 is 14.6 Å². The first-order chi connectivity index (χ1) is 9.56. The van der Waals surface area contributed by atoms with Crippen molar-refractivity contribution in [1.82, 2.24) is 15.1 Å². The number of likely N-dealkylation sites (tertiary alicyclic amines) is 1. The van der Waals surface area contributed by atoms with Gasteiger partial charge in [-0.25, -0.2) is 0 Å². The number of nitrogens with one attached hydrogen (secondary N) is 1. The molecule has 0 aliphatic carbocycles. The highest BCUT2D eigenvalue weighted by atomic mass is 16.3. The van der Waals surface area contributed by atoms with Crippen molar-refractivity contribution in [2.24, 2.45) is 0 Å². The Morgan fingerprint density at radius 3 is 2.65 bits per heavy atom. The summed E-state index contributed by atoms with van der Waals surface area (Å²) in [5.74, 6) is 1.09. The lowest BCUT2D eigenvalue weighted by molar-refractivity contribution is 0.139. The summed E-state index contributed by atoms with van der Waals surface area (Å²) in [6, 6.07) is 3.36. The lowest BCUT2D eigenvalue weighted by Gasteiger charge is -2.35. The van der Waals surface area contributed by atoms with Gasteiger partial charge in [0.1, 0.15) is 5.76 Å². The maximum Gasteiger partial charge on any atom is 0.122 e. The van der Waals surface area contributed by atoms with E-state index in [9.17, 15) is 0 Å². The van der Waals surface area contributed by atoms with Gasteiger partial charge in [-0.05, 0) is 46.1 Å². The quantitative estimate of drug-likeness (QED) is 0.866. The van der Waals surface area contributed by atoms with E-state index < -0.39 is 0 Å². The lowest BCUT2D eigenvalue weighted by Crippen LogP contribution is -2.41. The normalized spacial score (nSPS) is 18.3. The standard InChI is InChI=1S/C16H29N3O/c1-13(2)17-11-16-14(7-10-20-16)12-19-8-5-15(6-9-19)18(3)4/h7,10,13,15,17H,5-6,8-9,11-12H2,1-4H3. The summed E-state index contributed by atoms with van der Waals surface area (Å²) >= 11 is 0. The molecule has 0 saturated carbocycles. The second-order valence-corrected chi connectivity index (χ2v) is 6.38. The fraction of sp³-hybridized carbons (Fsp3) is 0.750. The molecule has 0 atom stereocenters. The van der Waals surface area contributed by atoms with Crippen LogP contribution in [0.5, 0.6) is 0 Å². The molecule has 4 nitrogen and oxygen atoms in total. The topological polar surface area (TPSA) is 31.7 Å². The van der Waals surface area contributed by atoms with E-state index in [0.29, 0.717) is 6.04 Å². The van der Waals surface area contributed by atoms with Crippen LogP contribution in [0, 0.1) is 0 Å². The Hall–Kier alpha value is -0.840. The van der Waals surface area contributed by atoms with Crippen molar-refractivity contribution in [3.8, 4) is 0 Å². The molecule has 1 N–H and O–H groups in total. The minimum absolute atomic E-state index is 0.490. The smallest absolute Gasteiger partial charge is 0.122 e. The summed E-state index contributed by atoms with van der Waals surface area (Å²) in [5.41, 5.74) is 1.33. The predicted molar refractivity (Wildman–Crippen MR) is 82.7 cm³/mol. The summed E-state index contributed by atoms with van der Waals surface area (Å²) in [5, 5.41) is 3.43. The molecule has 1 aromatic rings. The first-order valence-electron chi connectivity index (χ1n) is 7.73. The maximum atomic E-state index is 5.62. The molecule has 114 valence electrons. The Balaban J connectivity index is 1.84. The van der Waals surface area contributed by atoms with Crippen molar-refractivity contribution >= 4 is 0 Å². The monoisotopic (exact) mass is 279 g/mol. The van der Waals surface area contributed by atoms with Gasteiger partial charge in [0.15, 0.2) is 0 Å². The van der Waals surface area contributed by atoms with Crippen molar-refractivity contribution in [3.05, 3.63) is 23.7 Å². The summed E-state index contributed by atoms with van der Waals surface area (Å²) in [7, 11) is 4.37. The van der Waals surface area contributed by atoms with Gasteiger partial charge in [0.2, 0.25) is 0 Å². The first kappa shape index (κ1) is 15.5. The number of furan rings is 1. The molecule has 1 aromatic heterocycles. The van der Waals surface area contributed by atoms with E-state index in [0.717, 1.165) is 24.9 Å². The zero-order chi connectivity index (χ0) is 14.5. The molecule has 0 bridgehead atoms. The van der Waals surface area contributed by atoms with Crippen molar-refractivity contribution in [3.63, 3.8) is 0 Å². The van der Waals surface area contributed by atoms with Gasteiger partial charge >= 0.3 is 0 Å².